The van der Waals surface area contributed by atoms with Gasteiger partial charge in [-0.1, -0.05) is 0 Å². The van der Waals surface area contributed by atoms with E-state index in [0.29, 0.717) is 5.56 Å². The van der Waals surface area contributed by atoms with Gasteiger partial charge in [-0.3, -0.25) is 9.59 Å². The van der Waals surface area contributed by atoms with Crippen molar-refractivity contribution in [2.45, 2.75) is 32.6 Å². The molecule has 0 aliphatic rings. The van der Waals surface area contributed by atoms with Crippen LogP contribution in [0.3, 0.4) is 0 Å². The molecule has 0 saturated heterocycles. The number of pyridine rings is 1. The van der Waals surface area contributed by atoms with Gasteiger partial charge >= 0.3 is 0 Å². The van der Waals surface area contributed by atoms with E-state index in [2.05, 4.69) is 10.3 Å². The smallest absolute Gasteiger partial charge is 0.253 e. The lowest BCUT2D eigenvalue weighted by molar-refractivity contribution is -0.120. The molecule has 0 unspecified atom stereocenters. The monoisotopic (exact) mass is 254 g/mol. The first-order valence-corrected chi connectivity index (χ1v) is 6.74. The number of carbonyl (C=O) groups excluding carboxylic acids is 1. The minimum Gasteiger partial charge on any atom is -0.351 e. The zero-order valence-electron chi connectivity index (χ0n) is 10.6. The van der Waals surface area contributed by atoms with E-state index in [0.717, 1.165) is 11.3 Å². The van der Waals surface area contributed by atoms with E-state index in [-0.39, 0.29) is 23.3 Å². The van der Waals surface area contributed by atoms with Crippen LogP contribution in [-0.2, 0) is 11.3 Å². The molecule has 94 valence electrons. The maximum Gasteiger partial charge on any atom is 0.253 e. The van der Waals surface area contributed by atoms with Crippen LogP contribution in [-0.4, -0.2) is 22.4 Å². The number of amides is 1. The lowest BCUT2D eigenvalue weighted by Crippen LogP contribution is -2.32. The summed E-state index contributed by atoms with van der Waals surface area (Å²) in [6.07, 6.45) is 1.88. The second-order valence-corrected chi connectivity index (χ2v) is 5.22. The van der Waals surface area contributed by atoms with Crippen molar-refractivity contribution in [1.82, 2.24) is 10.3 Å². The Morgan fingerprint density at radius 1 is 1.53 bits per heavy atom. The maximum absolute atomic E-state index is 11.7. The van der Waals surface area contributed by atoms with Crippen LogP contribution in [0.25, 0.3) is 0 Å². The summed E-state index contributed by atoms with van der Waals surface area (Å²) in [7, 11) is 0. The third kappa shape index (κ3) is 3.63. The van der Waals surface area contributed by atoms with Gasteiger partial charge in [-0.05, 0) is 38.7 Å². The van der Waals surface area contributed by atoms with E-state index in [1.807, 2.05) is 33.1 Å². The summed E-state index contributed by atoms with van der Waals surface area (Å²) in [6.45, 7) is 5.84. The topological polar surface area (TPSA) is 62.0 Å². The van der Waals surface area contributed by atoms with E-state index < -0.39 is 0 Å². The fourth-order valence-electron chi connectivity index (χ4n) is 1.53. The van der Waals surface area contributed by atoms with Crippen LogP contribution in [0.15, 0.2) is 10.9 Å². The van der Waals surface area contributed by atoms with Gasteiger partial charge in [-0.25, -0.2) is 0 Å². The lowest BCUT2D eigenvalue weighted by atomic mass is 10.1. The average molecular weight is 254 g/mol. The molecular weight excluding hydrogens is 236 g/mol. The summed E-state index contributed by atoms with van der Waals surface area (Å²) in [4.78, 5) is 26.0. The highest BCUT2D eigenvalue weighted by Gasteiger charge is 2.12. The molecule has 0 bridgehead atoms. The molecule has 1 heterocycles. The van der Waals surface area contributed by atoms with Gasteiger partial charge in [-0.2, -0.15) is 11.8 Å². The van der Waals surface area contributed by atoms with Crippen molar-refractivity contribution in [1.29, 1.82) is 0 Å². The summed E-state index contributed by atoms with van der Waals surface area (Å²) in [5.41, 5.74) is 2.24. The van der Waals surface area contributed by atoms with Gasteiger partial charge in [0.1, 0.15) is 0 Å². The maximum atomic E-state index is 11.7. The molecular formula is C12H18N2O2S. The van der Waals surface area contributed by atoms with Crippen LogP contribution in [0.4, 0.5) is 0 Å². The summed E-state index contributed by atoms with van der Waals surface area (Å²) in [5, 5.41) is 2.67. The number of H-pyrrole nitrogens is 1. The predicted molar refractivity (Wildman–Crippen MR) is 71.4 cm³/mol. The second kappa shape index (κ2) is 5.91. The van der Waals surface area contributed by atoms with Gasteiger partial charge < -0.3 is 10.3 Å². The molecule has 1 amide bonds. The van der Waals surface area contributed by atoms with E-state index in [4.69, 9.17) is 0 Å². The molecule has 0 fully saturated rings. The fourth-order valence-corrected chi connectivity index (χ4v) is 1.82. The molecule has 1 rings (SSSR count). The summed E-state index contributed by atoms with van der Waals surface area (Å²) < 4.78 is 0. The Hall–Kier alpha value is -1.23. The molecule has 1 atom stereocenters. The lowest BCUT2D eigenvalue weighted by Gasteiger charge is -2.11. The molecule has 0 radical (unpaired) electrons. The Kier molecular flexibility index (Phi) is 4.81. The number of aromatic nitrogens is 1. The van der Waals surface area contributed by atoms with Crippen molar-refractivity contribution >= 4 is 17.7 Å². The summed E-state index contributed by atoms with van der Waals surface area (Å²) in [6, 6.07) is 1.90. The normalized spacial score (nSPS) is 12.2. The zero-order chi connectivity index (χ0) is 13.0. The highest BCUT2D eigenvalue weighted by atomic mass is 32.2. The van der Waals surface area contributed by atoms with Gasteiger partial charge in [-0.15, -0.1) is 0 Å². The standard InChI is InChI=1S/C12H18N2O2S/c1-7-5-8(2)14-12(16)10(7)6-13-11(15)9(3)17-4/h5,9H,6H2,1-4H3,(H,13,15)(H,14,16)/t9-/m1/s1. The molecule has 5 heteroatoms. The van der Waals surface area contributed by atoms with Crippen LogP contribution in [0, 0.1) is 13.8 Å². The largest absolute Gasteiger partial charge is 0.351 e. The van der Waals surface area contributed by atoms with Crippen molar-refractivity contribution in [3.63, 3.8) is 0 Å². The predicted octanol–water partition coefficient (Wildman–Crippen LogP) is 1.36. The number of carbonyl (C=O) groups is 1. The van der Waals surface area contributed by atoms with Gasteiger partial charge in [0, 0.05) is 17.8 Å². The Balaban J connectivity index is 2.77. The van der Waals surface area contributed by atoms with Crippen LogP contribution >= 0.6 is 11.8 Å². The number of rotatable bonds is 4. The number of aryl methyl sites for hydroxylation is 2. The molecule has 17 heavy (non-hydrogen) atoms. The first-order chi connectivity index (χ1) is 7.95. The van der Waals surface area contributed by atoms with Gasteiger partial charge in [0.2, 0.25) is 5.91 Å². The fraction of sp³-hybridized carbons (Fsp3) is 0.500. The Labute approximate surface area is 105 Å². The highest BCUT2D eigenvalue weighted by molar-refractivity contribution is 7.99. The molecule has 1 aromatic rings. The number of thioether (sulfide) groups is 1. The molecule has 0 aliphatic heterocycles. The van der Waals surface area contributed by atoms with Crippen molar-refractivity contribution in [3.05, 3.63) is 33.2 Å². The average Bonchev–Trinajstić information content (AvgIpc) is 2.26. The number of nitrogens with one attached hydrogen (secondary N) is 2. The molecule has 0 aromatic carbocycles. The van der Waals surface area contributed by atoms with E-state index in [1.165, 1.54) is 11.8 Å². The molecule has 1 aromatic heterocycles. The van der Waals surface area contributed by atoms with Gasteiger partial charge in [0.25, 0.3) is 5.56 Å². The molecule has 0 saturated carbocycles. The molecule has 2 N–H and O–H groups in total. The summed E-state index contributed by atoms with van der Waals surface area (Å²) in [5.74, 6) is -0.0446. The van der Waals surface area contributed by atoms with Crippen LogP contribution in [0.1, 0.15) is 23.7 Å². The Morgan fingerprint density at radius 3 is 2.71 bits per heavy atom. The van der Waals surface area contributed by atoms with E-state index in [9.17, 15) is 9.59 Å². The molecule has 4 nitrogen and oxygen atoms in total. The van der Waals surface area contributed by atoms with Crippen molar-refractivity contribution in [2.75, 3.05) is 6.26 Å². The molecule has 0 spiro atoms. The Morgan fingerprint density at radius 2 is 2.18 bits per heavy atom. The Bertz CT molecular complexity index is 468. The first-order valence-electron chi connectivity index (χ1n) is 5.45. The number of hydrogen-bond acceptors (Lipinski definition) is 3. The summed E-state index contributed by atoms with van der Waals surface area (Å²) >= 11 is 1.48. The quantitative estimate of drug-likeness (QED) is 0.853. The number of hydrogen-bond donors (Lipinski definition) is 2. The van der Waals surface area contributed by atoms with E-state index >= 15 is 0 Å². The molecule has 0 aliphatic carbocycles. The minimum atomic E-state index is -0.125. The first kappa shape index (κ1) is 13.8. The van der Waals surface area contributed by atoms with Crippen molar-refractivity contribution in [2.24, 2.45) is 0 Å². The minimum absolute atomic E-state index is 0.0446. The van der Waals surface area contributed by atoms with Gasteiger partial charge in [0.05, 0.1) is 5.25 Å². The van der Waals surface area contributed by atoms with Crippen LogP contribution in [0.5, 0.6) is 0 Å². The van der Waals surface area contributed by atoms with Crippen LogP contribution < -0.4 is 10.9 Å². The van der Waals surface area contributed by atoms with Gasteiger partial charge in [0.15, 0.2) is 0 Å². The number of aromatic amines is 1. The zero-order valence-corrected chi connectivity index (χ0v) is 11.4. The van der Waals surface area contributed by atoms with E-state index in [1.54, 1.807) is 0 Å². The van der Waals surface area contributed by atoms with Crippen molar-refractivity contribution < 1.29 is 4.79 Å². The second-order valence-electron chi connectivity index (χ2n) is 4.04. The van der Waals surface area contributed by atoms with Crippen molar-refractivity contribution in [3.8, 4) is 0 Å². The highest BCUT2D eigenvalue weighted by Crippen LogP contribution is 2.06. The van der Waals surface area contributed by atoms with Crippen LogP contribution in [0.2, 0.25) is 0 Å². The SMILES string of the molecule is CS[C@H](C)C(=O)NCc1c(C)cc(C)[nH]c1=O. The third-order valence-corrected chi connectivity index (χ3v) is 3.58. The third-order valence-electron chi connectivity index (χ3n) is 2.66.